The van der Waals surface area contributed by atoms with Crippen molar-refractivity contribution in [2.24, 2.45) is 5.92 Å². The molecule has 2 aromatic rings. The number of ether oxygens (including phenoxy) is 1. The van der Waals surface area contributed by atoms with E-state index in [0.717, 1.165) is 12.0 Å². The molecule has 3 aliphatic rings. The number of benzene rings is 2. The minimum Gasteiger partial charge on any atom is -0.379 e. The maximum atomic E-state index is 12.9. The topological polar surface area (TPSA) is 58.6 Å². The maximum Gasteiger partial charge on any atom is 0.243 e. The fourth-order valence-corrected chi connectivity index (χ4v) is 6.66. The number of aryl methyl sites for hydroxylation is 2. The summed E-state index contributed by atoms with van der Waals surface area (Å²) in [5.74, 6) is 0.851. The molecule has 0 amide bonds. The SMILES string of the molecule is Cc1cc(C)c2c(c1)NC(c1ccc(S(=O)(=O)N3CCOCC3)cc1)C1CC=CC21. The predicted molar refractivity (Wildman–Crippen MR) is 118 cm³/mol. The van der Waals surface area contributed by atoms with E-state index in [1.165, 1.54) is 26.7 Å². The summed E-state index contributed by atoms with van der Waals surface area (Å²) in [6, 6.07) is 12.1. The Balaban J connectivity index is 1.46. The van der Waals surface area contributed by atoms with Gasteiger partial charge in [0.2, 0.25) is 10.0 Å². The van der Waals surface area contributed by atoms with E-state index in [1.807, 2.05) is 12.1 Å². The van der Waals surface area contributed by atoms with Crippen LogP contribution >= 0.6 is 0 Å². The smallest absolute Gasteiger partial charge is 0.243 e. The van der Waals surface area contributed by atoms with Gasteiger partial charge in [0.15, 0.2) is 0 Å². The second kappa shape index (κ2) is 7.52. The standard InChI is InChI=1S/C24H28N2O3S/c1-16-14-17(2)23-20-4-3-5-21(20)24(25-22(23)15-16)18-6-8-19(9-7-18)30(27,28)26-10-12-29-13-11-26/h3-4,6-9,14-15,20-21,24-25H,5,10-13H2,1-2H3. The molecule has 1 saturated heterocycles. The second-order valence-corrected chi connectivity index (χ2v) is 10.5. The molecule has 5 rings (SSSR count). The van der Waals surface area contributed by atoms with Gasteiger partial charge in [-0.1, -0.05) is 30.4 Å². The van der Waals surface area contributed by atoms with Gasteiger partial charge in [0.05, 0.1) is 24.2 Å². The molecule has 0 radical (unpaired) electrons. The minimum atomic E-state index is -3.47. The van der Waals surface area contributed by atoms with E-state index in [9.17, 15) is 8.42 Å². The Morgan fingerprint density at radius 3 is 2.53 bits per heavy atom. The van der Waals surface area contributed by atoms with Crippen molar-refractivity contribution in [3.05, 3.63) is 70.8 Å². The van der Waals surface area contributed by atoms with Gasteiger partial charge in [0.25, 0.3) is 0 Å². The number of allylic oxidation sites excluding steroid dienone is 2. The fraction of sp³-hybridized carbons (Fsp3) is 0.417. The molecule has 2 heterocycles. The van der Waals surface area contributed by atoms with Crippen molar-refractivity contribution in [3.8, 4) is 0 Å². The molecule has 6 heteroatoms. The van der Waals surface area contributed by atoms with Gasteiger partial charge in [0.1, 0.15) is 0 Å². The van der Waals surface area contributed by atoms with Crippen LogP contribution in [0.15, 0.2) is 53.4 Å². The number of anilines is 1. The van der Waals surface area contributed by atoms with Crippen molar-refractivity contribution >= 4 is 15.7 Å². The molecule has 1 fully saturated rings. The van der Waals surface area contributed by atoms with E-state index in [1.54, 1.807) is 12.1 Å². The van der Waals surface area contributed by atoms with Gasteiger partial charge in [-0.15, -0.1) is 0 Å². The summed E-state index contributed by atoms with van der Waals surface area (Å²) in [7, 11) is -3.47. The second-order valence-electron chi connectivity index (χ2n) is 8.60. The van der Waals surface area contributed by atoms with Crippen molar-refractivity contribution in [1.29, 1.82) is 0 Å². The third kappa shape index (κ3) is 3.27. The summed E-state index contributed by atoms with van der Waals surface area (Å²) in [4.78, 5) is 0.358. The predicted octanol–water partition coefficient (Wildman–Crippen LogP) is 4.15. The highest BCUT2D eigenvalue weighted by Crippen LogP contribution is 2.51. The Morgan fingerprint density at radius 1 is 1.07 bits per heavy atom. The van der Waals surface area contributed by atoms with Crippen LogP contribution in [-0.2, 0) is 14.8 Å². The van der Waals surface area contributed by atoms with Crippen LogP contribution in [-0.4, -0.2) is 39.0 Å². The first kappa shape index (κ1) is 19.8. The van der Waals surface area contributed by atoms with Gasteiger partial charge in [-0.05, 0) is 66.6 Å². The van der Waals surface area contributed by atoms with Gasteiger partial charge < -0.3 is 10.1 Å². The lowest BCUT2D eigenvalue weighted by atomic mass is 9.75. The molecular weight excluding hydrogens is 396 g/mol. The average Bonchev–Trinajstić information content (AvgIpc) is 3.23. The summed E-state index contributed by atoms with van der Waals surface area (Å²) >= 11 is 0. The van der Waals surface area contributed by atoms with Crippen LogP contribution in [0.25, 0.3) is 0 Å². The lowest BCUT2D eigenvalue weighted by Gasteiger charge is -2.38. The van der Waals surface area contributed by atoms with E-state index in [-0.39, 0.29) is 6.04 Å². The highest BCUT2D eigenvalue weighted by Gasteiger charge is 2.39. The Kier molecular flexibility index (Phi) is 4.96. The Bertz CT molecular complexity index is 1090. The number of fused-ring (bicyclic) bond motifs is 3. The number of nitrogens with zero attached hydrogens (tertiary/aromatic N) is 1. The molecule has 1 N–H and O–H groups in total. The van der Waals surface area contributed by atoms with Crippen LogP contribution < -0.4 is 5.32 Å². The number of sulfonamides is 1. The summed E-state index contributed by atoms with van der Waals surface area (Å²) in [5, 5.41) is 3.77. The third-order valence-corrected chi connectivity index (χ3v) is 8.58. The van der Waals surface area contributed by atoms with Gasteiger partial charge in [-0.3, -0.25) is 0 Å². The van der Waals surface area contributed by atoms with E-state index in [2.05, 4.69) is 43.4 Å². The van der Waals surface area contributed by atoms with Crippen LogP contribution in [0, 0.1) is 19.8 Å². The van der Waals surface area contributed by atoms with E-state index < -0.39 is 10.0 Å². The third-order valence-electron chi connectivity index (χ3n) is 6.66. The number of hydrogen-bond acceptors (Lipinski definition) is 4. The molecule has 5 nitrogen and oxygen atoms in total. The largest absolute Gasteiger partial charge is 0.379 e. The molecule has 0 bridgehead atoms. The van der Waals surface area contributed by atoms with Crippen LogP contribution in [0.5, 0.6) is 0 Å². The zero-order valence-corrected chi connectivity index (χ0v) is 18.3. The maximum absolute atomic E-state index is 12.9. The first-order valence-corrected chi connectivity index (χ1v) is 12.1. The molecule has 0 spiro atoms. The van der Waals surface area contributed by atoms with Gasteiger partial charge in [-0.2, -0.15) is 4.31 Å². The van der Waals surface area contributed by atoms with Crippen molar-refractivity contribution < 1.29 is 13.2 Å². The molecule has 0 saturated carbocycles. The highest BCUT2D eigenvalue weighted by molar-refractivity contribution is 7.89. The van der Waals surface area contributed by atoms with Gasteiger partial charge in [-0.25, -0.2) is 8.42 Å². The normalized spacial score (nSPS) is 26.1. The summed E-state index contributed by atoms with van der Waals surface area (Å²) in [6.07, 6.45) is 5.66. The quantitative estimate of drug-likeness (QED) is 0.752. The molecule has 0 aromatic heterocycles. The Labute approximate surface area is 178 Å². The van der Waals surface area contributed by atoms with Gasteiger partial charge >= 0.3 is 0 Å². The van der Waals surface area contributed by atoms with Crippen LogP contribution in [0.4, 0.5) is 5.69 Å². The highest BCUT2D eigenvalue weighted by atomic mass is 32.2. The minimum absolute atomic E-state index is 0.166. The summed E-state index contributed by atoms with van der Waals surface area (Å²) in [5.41, 5.74) is 6.34. The van der Waals surface area contributed by atoms with E-state index in [0.29, 0.717) is 43.0 Å². The number of rotatable bonds is 3. The lowest BCUT2D eigenvalue weighted by Crippen LogP contribution is -2.40. The molecule has 2 aliphatic heterocycles. The molecule has 158 valence electrons. The molecule has 3 atom stereocenters. The first-order chi connectivity index (χ1) is 14.4. The molecule has 1 aliphatic carbocycles. The Hall–Kier alpha value is -2.15. The molecule has 30 heavy (non-hydrogen) atoms. The van der Waals surface area contributed by atoms with Gasteiger partial charge in [0, 0.05) is 24.7 Å². The van der Waals surface area contributed by atoms with Crippen molar-refractivity contribution in [1.82, 2.24) is 4.31 Å². The monoisotopic (exact) mass is 424 g/mol. The number of nitrogens with one attached hydrogen (secondary N) is 1. The van der Waals surface area contributed by atoms with Crippen LogP contribution in [0.1, 0.15) is 40.6 Å². The molecule has 2 aromatic carbocycles. The van der Waals surface area contributed by atoms with Crippen molar-refractivity contribution in [2.45, 2.75) is 37.1 Å². The fourth-order valence-electron chi connectivity index (χ4n) is 5.25. The van der Waals surface area contributed by atoms with Crippen molar-refractivity contribution in [3.63, 3.8) is 0 Å². The lowest BCUT2D eigenvalue weighted by molar-refractivity contribution is 0.0730. The van der Waals surface area contributed by atoms with Crippen LogP contribution in [0.3, 0.4) is 0 Å². The summed E-state index contributed by atoms with van der Waals surface area (Å²) < 4.78 is 32.7. The molecular formula is C24H28N2O3S. The summed E-state index contributed by atoms with van der Waals surface area (Å²) in [6.45, 7) is 6.07. The average molecular weight is 425 g/mol. The Morgan fingerprint density at radius 2 is 1.80 bits per heavy atom. The number of morpholine rings is 1. The van der Waals surface area contributed by atoms with Crippen molar-refractivity contribution in [2.75, 3.05) is 31.6 Å². The molecule has 3 unspecified atom stereocenters. The first-order valence-electron chi connectivity index (χ1n) is 10.7. The van der Waals surface area contributed by atoms with Crippen LogP contribution in [0.2, 0.25) is 0 Å². The zero-order valence-electron chi connectivity index (χ0n) is 17.5. The van der Waals surface area contributed by atoms with E-state index in [4.69, 9.17) is 4.74 Å². The van der Waals surface area contributed by atoms with E-state index >= 15 is 0 Å². The zero-order chi connectivity index (χ0) is 20.9. The number of hydrogen-bond donors (Lipinski definition) is 1.